The fourth-order valence-electron chi connectivity index (χ4n) is 2.67. The van der Waals surface area contributed by atoms with Crippen LogP contribution in [0.3, 0.4) is 0 Å². The molecule has 3 heterocycles. The number of fused-ring (bicyclic) bond motifs is 1. The maximum absolute atomic E-state index is 12.8. The number of aryl methyl sites for hydroxylation is 1. The number of benzene rings is 1. The standard InChI is InChI=1S/C19H14N4O2/c1-12-11-14(18(24)22-15-9-5-6-10-20-15)16-17(23-25-19(16)21-12)13-7-3-2-4-8-13/h2-11H,1H3,(H,20,22,24). The van der Waals surface area contributed by atoms with Gasteiger partial charge in [0.05, 0.1) is 10.9 Å². The quantitative estimate of drug-likeness (QED) is 0.617. The van der Waals surface area contributed by atoms with Crippen LogP contribution in [-0.4, -0.2) is 21.0 Å². The van der Waals surface area contributed by atoms with E-state index in [1.165, 1.54) is 0 Å². The lowest BCUT2D eigenvalue weighted by Gasteiger charge is -2.06. The molecule has 4 rings (SSSR count). The van der Waals surface area contributed by atoms with Crippen molar-refractivity contribution in [2.24, 2.45) is 0 Å². The van der Waals surface area contributed by atoms with Crippen LogP contribution in [0, 0.1) is 6.92 Å². The average Bonchev–Trinajstić information content (AvgIpc) is 3.06. The van der Waals surface area contributed by atoms with Gasteiger partial charge in [-0.05, 0) is 25.1 Å². The van der Waals surface area contributed by atoms with Crippen LogP contribution in [0.2, 0.25) is 0 Å². The zero-order valence-electron chi connectivity index (χ0n) is 13.4. The molecule has 6 nitrogen and oxygen atoms in total. The monoisotopic (exact) mass is 330 g/mol. The molecule has 0 aliphatic carbocycles. The molecule has 0 spiro atoms. The smallest absolute Gasteiger partial charge is 0.259 e. The molecule has 3 aromatic heterocycles. The molecule has 6 heteroatoms. The third kappa shape index (κ3) is 2.85. The number of hydrogen-bond donors (Lipinski definition) is 1. The molecule has 0 bridgehead atoms. The van der Waals surface area contributed by atoms with Crippen molar-refractivity contribution in [3.05, 3.63) is 72.1 Å². The van der Waals surface area contributed by atoms with Crippen molar-refractivity contribution in [2.45, 2.75) is 6.92 Å². The Bertz CT molecular complexity index is 1040. The number of nitrogens with one attached hydrogen (secondary N) is 1. The van der Waals surface area contributed by atoms with Crippen molar-refractivity contribution in [2.75, 3.05) is 5.32 Å². The molecular formula is C19H14N4O2. The first-order valence-corrected chi connectivity index (χ1v) is 7.77. The van der Waals surface area contributed by atoms with Crippen molar-refractivity contribution in [3.63, 3.8) is 0 Å². The summed E-state index contributed by atoms with van der Waals surface area (Å²) in [6.45, 7) is 1.81. The Kier molecular flexibility index (Phi) is 3.70. The van der Waals surface area contributed by atoms with E-state index in [2.05, 4.69) is 20.4 Å². The van der Waals surface area contributed by atoms with E-state index >= 15 is 0 Å². The highest BCUT2D eigenvalue weighted by Gasteiger charge is 2.21. The van der Waals surface area contributed by atoms with Crippen molar-refractivity contribution in [1.29, 1.82) is 0 Å². The molecule has 0 atom stereocenters. The Balaban J connectivity index is 1.85. The normalized spacial score (nSPS) is 10.8. The lowest BCUT2D eigenvalue weighted by molar-refractivity contribution is 0.102. The summed E-state index contributed by atoms with van der Waals surface area (Å²) in [6, 6.07) is 16.6. The zero-order valence-corrected chi connectivity index (χ0v) is 13.4. The van der Waals surface area contributed by atoms with E-state index in [1.54, 1.807) is 24.4 Å². The first-order chi connectivity index (χ1) is 12.2. The summed E-state index contributed by atoms with van der Waals surface area (Å²) in [5.74, 6) is 0.197. The highest BCUT2D eigenvalue weighted by atomic mass is 16.5. The van der Waals surface area contributed by atoms with Gasteiger partial charge in [0.25, 0.3) is 11.6 Å². The first-order valence-electron chi connectivity index (χ1n) is 7.77. The van der Waals surface area contributed by atoms with Gasteiger partial charge in [-0.3, -0.25) is 4.79 Å². The molecule has 4 aromatic rings. The van der Waals surface area contributed by atoms with Gasteiger partial charge in [0.2, 0.25) is 0 Å². The lowest BCUT2D eigenvalue weighted by atomic mass is 10.0. The van der Waals surface area contributed by atoms with E-state index < -0.39 is 0 Å². The molecule has 0 aliphatic heterocycles. The molecule has 0 saturated carbocycles. The number of anilines is 1. The Morgan fingerprint density at radius 3 is 2.64 bits per heavy atom. The molecular weight excluding hydrogens is 316 g/mol. The maximum atomic E-state index is 12.8. The van der Waals surface area contributed by atoms with Crippen LogP contribution in [0.25, 0.3) is 22.4 Å². The van der Waals surface area contributed by atoms with Gasteiger partial charge in [-0.2, -0.15) is 0 Å². The summed E-state index contributed by atoms with van der Waals surface area (Å²) in [5, 5.41) is 7.51. The van der Waals surface area contributed by atoms with Gasteiger partial charge in [-0.1, -0.05) is 41.6 Å². The molecule has 0 fully saturated rings. The van der Waals surface area contributed by atoms with Crippen LogP contribution >= 0.6 is 0 Å². The van der Waals surface area contributed by atoms with Crippen molar-refractivity contribution in [1.82, 2.24) is 15.1 Å². The summed E-state index contributed by atoms with van der Waals surface area (Å²) >= 11 is 0. The van der Waals surface area contributed by atoms with Crippen LogP contribution in [0.1, 0.15) is 16.1 Å². The van der Waals surface area contributed by atoms with E-state index in [0.29, 0.717) is 33.9 Å². The van der Waals surface area contributed by atoms with Gasteiger partial charge in [0.15, 0.2) is 0 Å². The van der Waals surface area contributed by atoms with Crippen molar-refractivity contribution >= 4 is 22.8 Å². The Labute approximate surface area is 143 Å². The zero-order chi connectivity index (χ0) is 17.2. The third-order valence-electron chi connectivity index (χ3n) is 3.77. The number of rotatable bonds is 3. The van der Waals surface area contributed by atoms with E-state index in [-0.39, 0.29) is 5.91 Å². The van der Waals surface area contributed by atoms with Crippen molar-refractivity contribution in [3.8, 4) is 11.3 Å². The van der Waals surface area contributed by atoms with Crippen LogP contribution in [0.15, 0.2) is 65.3 Å². The Morgan fingerprint density at radius 1 is 1.08 bits per heavy atom. The van der Waals surface area contributed by atoms with E-state index in [9.17, 15) is 4.79 Å². The van der Waals surface area contributed by atoms with Crippen LogP contribution in [0.5, 0.6) is 0 Å². The molecule has 0 radical (unpaired) electrons. The van der Waals surface area contributed by atoms with Crippen LogP contribution in [-0.2, 0) is 0 Å². The van der Waals surface area contributed by atoms with E-state index in [1.807, 2.05) is 43.3 Å². The van der Waals surface area contributed by atoms with Gasteiger partial charge in [-0.25, -0.2) is 9.97 Å². The van der Waals surface area contributed by atoms with Gasteiger partial charge < -0.3 is 9.84 Å². The highest BCUT2D eigenvalue weighted by Crippen LogP contribution is 2.30. The van der Waals surface area contributed by atoms with Crippen molar-refractivity contribution < 1.29 is 9.32 Å². The van der Waals surface area contributed by atoms with Crippen LogP contribution < -0.4 is 5.32 Å². The number of aromatic nitrogens is 3. The second-order valence-electron chi connectivity index (χ2n) is 5.56. The number of carbonyl (C=O) groups excluding carboxylic acids is 1. The van der Waals surface area contributed by atoms with Gasteiger partial charge in [0, 0.05) is 17.5 Å². The first kappa shape index (κ1) is 15.0. The van der Waals surface area contributed by atoms with Crippen LogP contribution in [0.4, 0.5) is 5.82 Å². The molecule has 122 valence electrons. The summed E-state index contributed by atoms with van der Waals surface area (Å²) in [6.07, 6.45) is 1.62. The molecule has 25 heavy (non-hydrogen) atoms. The number of pyridine rings is 2. The molecule has 0 aliphatic rings. The molecule has 0 saturated heterocycles. The fraction of sp³-hybridized carbons (Fsp3) is 0.0526. The molecule has 1 aromatic carbocycles. The topological polar surface area (TPSA) is 80.9 Å². The minimum absolute atomic E-state index is 0.283. The predicted octanol–water partition coefficient (Wildman–Crippen LogP) is 3.85. The molecule has 1 amide bonds. The SMILES string of the molecule is Cc1cc(C(=O)Nc2ccccn2)c2c(-c3ccccc3)noc2n1. The minimum atomic E-state index is -0.283. The van der Waals surface area contributed by atoms with Gasteiger partial charge in [0.1, 0.15) is 11.5 Å². The number of hydrogen-bond acceptors (Lipinski definition) is 5. The van der Waals surface area contributed by atoms with E-state index in [4.69, 9.17) is 4.52 Å². The number of nitrogens with zero attached hydrogens (tertiary/aromatic N) is 3. The summed E-state index contributed by atoms with van der Waals surface area (Å²) in [7, 11) is 0. The number of carbonyl (C=O) groups is 1. The number of amides is 1. The summed E-state index contributed by atoms with van der Waals surface area (Å²) in [5.41, 5.74) is 2.92. The Hall–Kier alpha value is -3.54. The second kappa shape index (κ2) is 6.16. The molecule has 1 N–H and O–H groups in total. The van der Waals surface area contributed by atoms with Gasteiger partial charge >= 0.3 is 0 Å². The largest absolute Gasteiger partial charge is 0.335 e. The minimum Gasteiger partial charge on any atom is -0.335 e. The summed E-state index contributed by atoms with van der Waals surface area (Å²) < 4.78 is 5.37. The van der Waals surface area contributed by atoms with Gasteiger partial charge in [-0.15, -0.1) is 0 Å². The molecule has 0 unspecified atom stereocenters. The van der Waals surface area contributed by atoms with E-state index in [0.717, 1.165) is 5.56 Å². The highest BCUT2D eigenvalue weighted by molar-refractivity contribution is 6.14. The third-order valence-corrected chi connectivity index (χ3v) is 3.77. The fourth-order valence-corrected chi connectivity index (χ4v) is 2.67. The maximum Gasteiger partial charge on any atom is 0.259 e. The summed E-state index contributed by atoms with van der Waals surface area (Å²) in [4.78, 5) is 21.3. The lowest BCUT2D eigenvalue weighted by Crippen LogP contribution is -2.14. The average molecular weight is 330 g/mol. The predicted molar refractivity (Wildman–Crippen MR) is 94.2 cm³/mol. The Morgan fingerprint density at radius 2 is 1.88 bits per heavy atom. The second-order valence-corrected chi connectivity index (χ2v) is 5.56.